The van der Waals surface area contributed by atoms with Crippen LogP contribution in [-0.4, -0.2) is 33.5 Å². The SMILES string of the molecule is C=C(CCCCCCC)N[C@H]1CC(=O)N2C(=NCc3ccccc3)C12O. The number of aliphatic imine (C=N–C) groups is 1. The number of nitrogens with zero attached hydrogens (tertiary/aromatic N) is 2. The highest BCUT2D eigenvalue weighted by Gasteiger charge is 2.72. The Morgan fingerprint density at radius 3 is 2.77 bits per heavy atom. The van der Waals surface area contributed by atoms with Crippen molar-refractivity contribution in [3.05, 3.63) is 48.2 Å². The summed E-state index contributed by atoms with van der Waals surface area (Å²) in [5.74, 6) is 0.401. The van der Waals surface area contributed by atoms with Gasteiger partial charge in [-0.25, -0.2) is 0 Å². The molecule has 5 nitrogen and oxygen atoms in total. The number of rotatable bonds is 10. The number of nitrogens with one attached hydrogen (secondary N) is 1. The number of amidine groups is 1. The number of hydrogen-bond acceptors (Lipinski definition) is 4. The molecule has 0 aliphatic carbocycles. The fraction of sp³-hybridized carbons (Fsp3) is 0.524. The number of hydrogen-bond donors (Lipinski definition) is 2. The maximum Gasteiger partial charge on any atom is 0.233 e. The van der Waals surface area contributed by atoms with Gasteiger partial charge in [0, 0.05) is 5.70 Å². The van der Waals surface area contributed by atoms with E-state index >= 15 is 0 Å². The Morgan fingerprint density at radius 2 is 2.04 bits per heavy atom. The minimum absolute atomic E-state index is 0.0763. The van der Waals surface area contributed by atoms with Gasteiger partial charge >= 0.3 is 0 Å². The number of amides is 1. The van der Waals surface area contributed by atoms with Gasteiger partial charge < -0.3 is 10.4 Å². The second-order valence-electron chi connectivity index (χ2n) is 7.25. The molecule has 0 bridgehead atoms. The first-order valence-electron chi connectivity index (χ1n) is 9.66. The number of allylic oxidation sites excluding steroid dienone is 1. The molecule has 140 valence electrons. The molecule has 5 heteroatoms. The minimum Gasteiger partial charge on any atom is -0.380 e. The lowest BCUT2D eigenvalue weighted by Crippen LogP contribution is -2.41. The molecule has 0 spiro atoms. The summed E-state index contributed by atoms with van der Waals surface area (Å²) in [4.78, 5) is 18.1. The molecule has 2 aliphatic rings. The number of unbranched alkanes of at least 4 members (excludes halogenated alkanes) is 4. The number of benzene rings is 1. The third kappa shape index (κ3) is 3.83. The summed E-state index contributed by atoms with van der Waals surface area (Å²) in [5, 5.41) is 14.2. The molecular weight excluding hydrogens is 326 g/mol. The van der Waals surface area contributed by atoms with Crippen molar-refractivity contribution in [2.24, 2.45) is 4.99 Å². The molecule has 1 aromatic carbocycles. The van der Waals surface area contributed by atoms with E-state index in [0.29, 0.717) is 12.4 Å². The van der Waals surface area contributed by atoms with Gasteiger partial charge in [0.1, 0.15) is 0 Å². The van der Waals surface area contributed by atoms with Crippen molar-refractivity contribution in [3.8, 4) is 0 Å². The highest BCUT2D eigenvalue weighted by atomic mass is 16.3. The fourth-order valence-corrected chi connectivity index (χ4v) is 3.62. The molecule has 26 heavy (non-hydrogen) atoms. The summed E-state index contributed by atoms with van der Waals surface area (Å²) in [5.41, 5.74) is 0.684. The van der Waals surface area contributed by atoms with Crippen LogP contribution in [-0.2, 0) is 11.3 Å². The maximum atomic E-state index is 12.2. The number of piperidine rings is 1. The first kappa shape index (κ1) is 18.6. The quantitative estimate of drug-likeness (QED) is 0.500. The van der Waals surface area contributed by atoms with Crippen molar-refractivity contribution in [2.45, 2.75) is 70.2 Å². The van der Waals surface area contributed by atoms with Crippen molar-refractivity contribution in [1.29, 1.82) is 0 Å². The van der Waals surface area contributed by atoms with Crippen molar-refractivity contribution in [3.63, 3.8) is 0 Å². The van der Waals surface area contributed by atoms with Gasteiger partial charge in [0.15, 0.2) is 5.84 Å². The van der Waals surface area contributed by atoms with Crippen LogP contribution in [0.1, 0.15) is 57.4 Å². The van der Waals surface area contributed by atoms with Gasteiger partial charge in [0.2, 0.25) is 11.6 Å². The van der Waals surface area contributed by atoms with Gasteiger partial charge in [-0.05, 0) is 18.4 Å². The largest absolute Gasteiger partial charge is 0.380 e. The average molecular weight is 355 g/mol. The van der Waals surface area contributed by atoms with Gasteiger partial charge in [-0.15, -0.1) is 0 Å². The number of fused-ring (bicyclic) bond motifs is 1. The highest BCUT2D eigenvalue weighted by Crippen LogP contribution is 2.45. The summed E-state index contributed by atoms with van der Waals surface area (Å²) < 4.78 is 0. The molecular formula is C21H29N3O2. The van der Waals surface area contributed by atoms with Gasteiger partial charge in [-0.2, -0.15) is 0 Å². The van der Waals surface area contributed by atoms with E-state index in [-0.39, 0.29) is 18.4 Å². The average Bonchev–Trinajstić information content (AvgIpc) is 3.17. The van der Waals surface area contributed by atoms with Crippen LogP contribution in [0.3, 0.4) is 0 Å². The molecule has 2 atom stereocenters. The number of carbonyl (C=O) groups is 1. The molecule has 1 unspecified atom stereocenters. The lowest BCUT2D eigenvalue weighted by Gasteiger charge is -2.19. The summed E-state index contributed by atoms with van der Waals surface area (Å²) in [6, 6.07) is 9.49. The summed E-state index contributed by atoms with van der Waals surface area (Å²) in [6.07, 6.45) is 7.20. The number of carbonyl (C=O) groups excluding carboxylic acids is 1. The summed E-state index contributed by atoms with van der Waals surface area (Å²) in [7, 11) is 0. The van der Waals surface area contributed by atoms with Crippen molar-refractivity contribution in [1.82, 2.24) is 10.2 Å². The predicted octanol–water partition coefficient (Wildman–Crippen LogP) is 3.35. The molecule has 3 rings (SSSR count). The molecule has 0 aromatic heterocycles. The molecule has 1 aromatic rings. The molecule has 1 amide bonds. The summed E-state index contributed by atoms with van der Waals surface area (Å²) in [6.45, 7) is 6.74. The zero-order valence-electron chi connectivity index (χ0n) is 15.6. The topological polar surface area (TPSA) is 64.7 Å². The van der Waals surface area contributed by atoms with Gasteiger partial charge in [-0.1, -0.05) is 69.5 Å². The standard InChI is InChI=1S/C21H29N3O2/c1-3-4-5-6-8-11-16(2)23-18-14-19(25)24-20(21(18,24)26)22-15-17-12-9-7-10-13-17/h7,9-10,12-13,18,23,26H,2-6,8,11,14-15H2,1H3/t18-,21?,24?/m0/s1. The molecule has 2 saturated heterocycles. The van der Waals surface area contributed by atoms with E-state index in [0.717, 1.165) is 24.1 Å². The van der Waals surface area contributed by atoms with Crippen molar-refractivity contribution in [2.75, 3.05) is 0 Å². The first-order valence-corrected chi connectivity index (χ1v) is 9.66. The Kier molecular flexibility index (Phi) is 5.77. The molecule has 0 radical (unpaired) electrons. The van der Waals surface area contributed by atoms with Crippen LogP contribution >= 0.6 is 0 Å². The predicted molar refractivity (Wildman–Crippen MR) is 103 cm³/mol. The molecule has 2 aliphatic heterocycles. The van der Waals surface area contributed by atoms with Crippen LogP contribution in [0.5, 0.6) is 0 Å². The Hall–Kier alpha value is -2.14. The normalized spacial score (nSPS) is 25.5. The zero-order valence-corrected chi connectivity index (χ0v) is 15.6. The maximum absolute atomic E-state index is 12.2. The number of aliphatic hydroxyl groups is 1. The van der Waals surface area contributed by atoms with Crippen LogP contribution in [0.15, 0.2) is 47.6 Å². The Morgan fingerprint density at radius 1 is 1.31 bits per heavy atom. The Labute approximate surface area is 155 Å². The Bertz CT molecular complexity index is 686. The monoisotopic (exact) mass is 355 g/mol. The molecule has 2 heterocycles. The van der Waals surface area contributed by atoms with E-state index in [9.17, 15) is 9.90 Å². The zero-order chi connectivity index (χ0) is 18.6. The molecule has 2 N–H and O–H groups in total. The van der Waals surface area contributed by atoms with Gasteiger partial charge in [-0.3, -0.25) is 14.7 Å². The van der Waals surface area contributed by atoms with E-state index in [4.69, 9.17) is 0 Å². The van der Waals surface area contributed by atoms with Crippen molar-refractivity contribution < 1.29 is 9.90 Å². The van der Waals surface area contributed by atoms with E-state index in [2.05, 4.69) is 23.8 Å². The van der Waals surface area contributed by atoms with Crippen LogP contribution < -0.4 is 5.32 Å². The third-order valence-electron chi connectivity index (χ3n) is 5.16. The molecule has 0 saturated carbocycles. The van der Waals surface area contributed by atoms with Crippen LogP contribution in [0.4, 0.5) is 0 Å². The fourth-order valence-electron chi connectivity index (χ4n) is 3.62. The van der Waals surface area contributed by atoms with E-state index in [1.54, 1.807) is 0 Å². The Balaban J connectivity index is 1.53. The summed E-state index contributed by atoms with van der Waals surface area (Å²) >= 11 is 0. The first-order chi connectivity index (χ1) is 12.6. The van der Waals surface area contributed by atoms with Crippen LogP contribution in [0.25, 0.3) is 0 Å². The van der Waals surface area contributed by atoms with E-state index in [1.807, 2.05) is 30.3 Å². The highest BCUT2D eigenvalue weighted by molar-refractivity contribution is 6.20. The van der Waals surface area contributed by atoms with E-state index in [1.165, 1.54) is 30.6 Å². The lowest BCUT2D eigenvalue weighted by atomic mass is 10.1. The third-order valence-corrected chi connectivity index (χ3v) is 5.16. The van der Waals surface area contributed by atoms with Crippen LogP contribution in [0.2, 0.25) is 0 Å². The lowest BCUT2D eigenvalue weighted by molar-refractivity contribution is -0.124. The second kappa shape index (κ2) is 8.04. The minimum atomic E-state index is -1.27. The van der Waals surface area contributed by atoms with E-state index < -0.39 is 5.72 Å². The second-order valence-corrected chi connectivity index (χ2v) is 7.25. The van der Waals surface area contributed by atoms with Crippen LogP contribution in [0, 0.1) is 0 Å². The van der Waals surface area contributed by atoms with Gasteiger partial charge in [0.25, 0.3) is 0 Å². The van der Waals surface area contributed by atoms with Crippen molar-refractivity contribution >= 4 is 11.7 Å². The molecule has 2 fully saturated rings. The van der Waals surface area contributed by atoms with Gasteiger partial charge in [0.05, 0.1) is 19.0 Å². The smallest absolute Gasteiger partial charge is 0.233 e.